The van der Waals surface area contributed by atoms with E-state index in [1.165, 1.54) is 4.31 Å². The first-order chi connectivity index (χ1) is 14.8. The van der Waals surface area contributed by atoms with Crippen molar-refractivity contribution in [3.63, 3.8) is 0 Å². The van der Waals surface area contributed by atoms with E-state index < -0.39 is 16.1 Å². The van der Waals surface area contributed by atoms with Gasteiger partial charge in [0.25, 0.3) is 0 Å². The number of nitrogens with one attached hydrogen (secondary N) is 1. The highest BCUT2D eigenvalue weighted by molar-refractivity contribution is 7.92. The molecular weight excluding hydrogens is 424 g/mol. The van der Waals surface area contributed by atoms with Crippen LogP contribution in [0.25, 0.3) is 0 Å². The van der Waals surface area contributed by atoms with Crippen LogP contribution in [0, 0.1) is 20.8 Å². The van der Waals surface area contributed by atoms with Crippen molar-refractivity contribution < 1.29 is 17.9 Å². The molecular formula is C25H36N2O4S. The van der Waals surface area contributed by atoms with Gasteiger partial charge >= 0.3 is 0 Å². The lowest BCUT2D eigenvalue weighted by molar-refractivity contribution is -0.122. The minimum absolute atomic E-state index is 0.261. The Bertz CT molecular complexity index is 1070. The molecule has 0 saturated heterocycles. The van der Waals surface area contributed by atoms with Crippen LogP contribution >= 0.6 is 0 Å². The number of ether oxygens (including phenoxy) is 1. The van der Waals surface area contributed by atoms with Gasteiger partial charge in [0.05, 0.1) is 25.1 Å². The van der Waals surface area contributed by atoms with Gasteiger partial charge < -0.3 is 10.1 Å². The highest BCUT2D eigenvalue weighted by atomic mass is 32.2. The topological polar surface area (TPSA) is 75.7 Å². The van der Waals surface area contributed by atoms with Crippen molar-refractivity contribution >= 4 is 21.6 Å². The predicted molar refractivity (Wildman–Crippen MR) is 131 cm³/mol. The van der Waals surface area contributed by atoms with Gasteiger partial charge in [0.15, 0.2) is 0 Å². The number of carbonyl (C=O) groups excluding carboxylic acids is 1. The van der Waals surface area contributed by atoms with E-state index in [0.717, 1.165) is 39.8 Å². The summed E-state index contributed by atoms with van der Waals surface area (Å²) in [4.78, 5) is 13.2. The maximum Gasteiger partial charge on any atom is 0.244 e. The molecule has 6 nitrogen and oxygen atoms in total. The van der Waals surface area contributed by atoms with E-state index in [9.17, 15) is 13.2 Å². The van der Waals surface area contributed by atoms with Gasteiger partial charge in [-0.3, -0.25) is 9.10 Å². The van der Waals surface area contributed by atoms with E-state index in [4.69, 9.17) is 4.74 Å². The Balaban J connectivity index is 2.37. The average Bonchev–Trinajstić information content (AvgIpc) is 2.65. The third-order valence-electron chi connectivity index (χ3n) is 5.62. The molecule has 0 aliphatic rings. The molecule has 2 rings (SSSR count). The lowest BCUT2D eigenvalue weighted by Gasteiger charge is -2.30. The van der Waals surface area contributed by atoms with Crippen LogP contribution in [-0.4, -0.2) is 33.7 Å². The number of carbonyl (C=O) groups is 1. The molecule has 32 heavy (non-hydrogen) atoms. The molecule has 0 spiro atoms. The van der Waals surface area contributed by atoms with Gasteiger partial charge in [-0.1, -0.05) is 19.9 Å². The number of amides is 1. The molecule has 0 aliphatic heterocycles. The molecule has 2 unspecified atom stereocenters. The largest absolute Gasteiger partial charge is 0.496 e. The Morgan fingerprint density at radius 3 is 1.97 bits per heavy atom. The second-order valence-corrected chi connectivity index (χ2v) is 10.8. The van der Waals surface area contributed by atoms with Crippen molar-refractivity contribution in [2.24, 2.45) is 0 Å². The maximum atomic E-state index is 13.2. The second kappa shape index (κ2) is 9.94. The molecule has 0 bridgehead atoms. The van der Waals surface area contributed by atoms with Crippen molar-refractivity contribution in [2.75, 3.05) is 17.7 Å². The summed E-state index contributed by atoms with van der Waals surface area (Å²) in [7, 11) is -2.02. The number of rotatable bonds is 8. The summed E-state index contributed by atoms with van der Waals surface area (Å²) in [5, 5.41) is 3.01. The van der Waals surface area contributed by atoms with Gasteiger partial charge in [-0.25, -0.2) is 8.42 Å². The fourth-order valence-electron chi connectivity index (χ4n) is 4.11. The van der Waals surface area contributed by atoms with Crippen LogP contribution in [0.2, 0.25) is 0 Å². The summed E-state index contributed by atoms with van der Waals surface area (Å²) in [5.41, 5.74) is 5.40. The highest BCUT2D eigenvalue weighted by Crippen LogP contribution is 2.32. The number of anilines is 1. The number of sulfonamides is 1. The van der Waals surface area contributed by atoms with Gasteiger partial charge in [0, 0.05) is 0 Å². The predicted octanol–water partition coefficient (Wildman–Crippen LogP) is 4.78. The minimum atomic E-state index is -3.68. The van der Waals surface area contributed by atoms with Crippen LogP contribution in [0.5, 0.6) is 5.75 Å². The number of hydrogen-bond donors (Lipinski definition) is 1. The minimum Gasteiger partial charge on any atom is -0.496 e. The van der Waals surface area contributed by atoms with E-state index in [1.807, 2.05) is 39.8 Å². The normalized spacial score (nSPS) is 13.6. The molecule has 0 saturated carbocycles. The quantitative estimate of drug-likeness (QED) is 0.615. The van der Waals surface area contributed by atoms with Crippen molar-refractivity contribution in [3.05, 3.63) is 58.1 Å². The fourth-order valence-corrected chi connectivity index (χ4v) is 5.27. The lowest BCUT2D eigenvalue weighted by atomic mass is 9.93. The zero-order chi connectivity index (χ0) is 24.4. The zero-order valence-electron chi connectivity index (χ0n) is 20.6. The summed E-state index contributed by atoms with van der Waals surface area (Å²) in [5.74, 6) is 0.728. The molecule has 176 valence electrons. The van der Waals surface area contributed by atoms with Gasteiger partial charge in [-0.05, 0) is 92.6 Å². The molecule has 1 amide bonds. The second-order valence-electron chi connectivity index (χ2n) is 8.92. The number of hydrogen-bond acceptors (Lipinski definition) is 4. The smallest absolute Gasteiger partial charge is 0.244 e. The van der Waals surface area contributed by atoms with Crippen LogP contribution in [-0.2, 0) is 14.8 Å². The number of nitrogens with zero attached hydrogens (tertiary/aromatic N) is 1. The van der Waals surface area contributed by atoms with Crippen molar-refractivity contribution in [1.29, 1.82) is 0 Å². The van der Waals surface area contributed by atoms with Crippen molar-refractivity contribution in [3.8, 4) is 5.75 Å². The van der Waals surface area contributed by atoms with Gasteiger partial charge in [0.1, 0.15) is 11.8 Å². The SMILES string of the molecule is COc1cc(C)c(C(C)NC(=O)C(C)N(c2cc(C)cc(C)c2)S(C)(=O)=O)cc1C(C)C. The first-order valence-electron chi connectivity index (χ1n) is 10.8. The Morgan fingerprint density at radius 1 is 0.938 bits per heavy atom. The van der Waals surface area contributed by atoms with Crippen LogP contribution in [0.15, 0.2) is 30.3 Å². The molecule has 2 atom stereocenters. The van der Waals surface area contributed by atoms with E-state index in [0.29, 0.717) is 5.69 Å². The molecule has 2 aromatic carbocycles. The van der Waals surface area contributed by atoms with Crippen LogP contribution in [0.4, 0.5) is 5.69 Å². The monoisotopic (exact) mass is 460 g/mol. The molecule has 1 N–H and O–H groups in total. The van der Waals surface area contributed by atoms with Crippen LogP contribution < -0.4 is 14.4 Å². The highest BCUT2D eigenvalue weighted by Gasteiger charge is 2.30. The first kappa shape index (κ1) is 25.7. The van der Waals surface area contributed by atoms with E-state index in [-0.39, 0.29) is 17.9 Å². The van der Waals surface area contributed by atoms with Crippen LogP contribution in [0.3, 0.4) is 0 Å². The molecule has 0 fully saturated rings. The lowest BCUT2D eigenvalue weighted by Crippen LogP contribution is -2.48. The Kier molecular flexibility index (Phi) is 7.99. The standard InChI is InChI=1S/C25H36N2O4S/c1-15(2)22-14-23(18(5)13-24(22)31-8)19(6)26-25(28)20(7)27(32(9,29)30)21-11-16(3)10-17(4)12-21/h10-15,19-20H,1-9H3,(H,26,28). The first-order valence-corrected chi connectivity index (χ1v) is 12.7. The molecule has 0 aromatic heterocycles. The Labute approximate surface area is 193 Å². The average molecular weight is 461 g/mol. The number of methoxy groups -OCH3 is 1. The van der Waals surface area contributed by atoms with Crippen LogP contribution in [0.1, 0.15) is 67.5 Å². The summed E-state index contributed by atoms with van der Waals surface area (Å²) in [6.07, 6.45) is 1.13. The molecule has 7 heteroatoms. The van der Waals surface area contributed by atoms with E-state index >= 15 is 0 Å². The number of benzene rings is 2. The van der Waals surface area contributed by atoms with Crippen molar-refractivity contribution in [1.82, 2.24) is 5.32 Å². The molecule has 0 aliphatic carbocycles. The molecule has 2 aromatic rings. The van der Waals surface area contributed by atoms with Gasteiger partial charge in [-0.2, -0.15) is 0 Å². The summed E-state index contributed by atoms with van der Waals surface area (Å²) in [6, 6.07) is 8.37. The van der Waals surface area contributed by atoms with E-state index in [1.54, 1.807) is 26.2 Å². The summed E-state index contributed by atoms with van der Waals surface area (Å²) < 4.78 is 32.0. The zero-order valence-corrected chi connectivity index (χ0v) is 21.4. The van der Waals surface area contributed by atoms with Gasteiger partial charge in [-0.15, -0.1) is 0 Å². The fraction of sp³-hybridized carbons (Fsp3) is 0.480. The van der Waals surface area contributed by atoms with E-state index in [2.05, 4.69) is 25.2 Å². The maximum absolute atomic E-state index is 13.2. The third kappa shape index (κ3) is 5.82. The van der Waals surface area contributed by atoms with Gasteiger partial charge in [0.2, 0.25) is 15.9 Å². The summed E-state index contributed by atoms with van der Waals surface area (Å²) in [6.45, 7) is 13.5. The molecule has 0 heterocycles. The third-order valence-corrected chi connectivity index (χ3v) is 6.86. The summed E-state index contributed by atoms with van der Waals surface area (Å²) >= 11 is 0. The van der Waals surface area contributed by atoms with Crippen molar-refractivity contribution in [2.45, 2.75) is 66.5 Å². The Morgan fingerprint density at radius 2 is 1.50 bits per heavy atom. The Hall–Kier alpha value is -2.54. The number of aryl methyl sites for hydroxylation is 3. The molecule has 0 radical (unpaired) electrons.